The van der Waals surface area contributed by atoms with Crippen molar-refractivity contribution in [2.24, 2.45) is 0 Å². The van der Waals surface area contributed by atoms with Crippen LogP contribution in [0.25, 0.3) is 0 Å². The van der Waals surface area contributed by atoms with E-state index in [0.717, 1.165) is 0 Å². The third kappa shape index (κ3) is 2.29. The molecule has 0 aliphatic rings. The lowest BCUT2D eigenvalue weighted by atomic mass is 10.3. The Hall–Kier alpha value is -2.51. The summed E-state index contributed by atoms with van der Waals surface area (Å²) in [4.78, 5) is 15.3. The number of carbonyl (C=O) groups excluding carboxylic acids is 1. The first-order valence-electron chi connectivity index (χ1n) is 4.38. The largest absolute Gasteiger partial charge is 0.382 e. The maximum atomic E-state index is 11.5. The van der Waals surface area contributed by atoms with Crippen molar-refractivity contribution in [1.82, 2.24) is 25.7 Å². The van der Waals surface area contributed by atoms with Crippen molar-refractivity contribution in [1.29, 1.82) is 0 Å². The monoisotopic (exact) mass is 220 g/mol. The summed E-state index contributed by atoms with van der Waals surface area (Å²) in [5.41, 5.74) is 5.52. The van der Waals surface area contributed by atoms with Gasteiger partial charge in [0.15, 0.2) is 11.5 Å². The number of nitrogens with zero attached hydrogens (tertiary/aromatic N) is 4. The van der Waals surface area contributed by atoms with Crippen LogP contribution in [0.4, 0.5) is 5.82 Å². The predicted molar refractivity (Wildman–Crippen MR) is 51.9 cm³/mol. The lowest BCUT2D eigenvalue weighted by Gasteiger charge is -2.00. The van der Waals surface area contributed by atoms with Crippen molar-refractivity contribution in [2.75, 3.05) is 5.73 Å². The fourth-order valence-corrected chi connectivity index (χ4v) is 0.984. The van der Waals surface area contributed by atoms with Gasteiger partial charge in [-0.3, -0.25) is 4.79 Å². The summed E-state index contributed by atoms with van der Waals surface area (Å²) < 4.78 is 4.51. The second kappa shape index (κ2) is 4.34. The molecule has 8 nitrogen and oxygen atoms in total. The van der Waals surface area contributed by atoms with Gasteiger partial charge in [0, 0.05) is 0 Å². The summed E-state index contributed by atoms with van der Waals surface area (Å²) in [6.45, 7) is 0.168. The van der Waals surface area contributed by atoms with Gasteiger partial charge in [0.05, 0.1) is 6.54 Å². The summed E-state index contributed by atoms with van der Waals surface area (Å²) in [6.07, 6.45) is 1.19. The van der Waals surface area contributed by atoms with Gasteiger partial charge in [0.25, 0.3) is 5.91 Å². The lowest BCUT2D eigenvalue weighted by Crippen LogP contribution is -2.24. The average Bonchev–Trinajstić information content (AvgIpc) is 2.80. The van der Waals surface area contributed by atoms with E-state index < -0.39 is 0 Å². The molecule has 2 aromatic rings. The zero-order chi connectivity index (χ0) is 11.4. The van der Waals surface area contributed by atoms with Crippen LogP contribution in [0.1, 0.15) is 16.3 Å². The zero-order valence-corrected chi connectivity index (χ0v) is 8.12. The molecule has 0 radical (unpaired) electrons. The minimum atomic E-state index is -0.377. The van der Waals surface area contributed by atoms with Gasteiger partial charge in [0.1, 0.15) is 5.82 Å². The minimum Gasteiger partial charge on any atom is -0.382 e. The highest BCUT2D eigenvalue weighted by Gasteiger charge is 2.08. The van der Waals surface area contributed by atoms with Crippen LogP contribution in [0, 0.1) is 0 Å². The third-order valence-electron chi connectivity index (χ3n) is 1.73. The molecule has 3 N–H and O–H groups in total. The van der Waals surface area contributed by atoms with Crippen LogP contribution in [0.15, 0.2) is 23.0 Å². The number of aromatic nitrogens is 4. The number of anilines is 1. The molecule has 0 atom stereocenters. The van der Waals surface area contributed by atoms with Crippen molar-refractivity contribution < 1.29 is 9.32 Å². The van der Waals surface area contributed by atoms with Crippen LogP contribution in [0.5, 0.6) is 0 Å². The molecule has 2 heterocycles. The summed E-state index contributed by atoms with van der Waals surface area (Å²) in [7, 11) is 0. The van der Waals surface area contributed by atoms with Crippen molar-refractivity contribution in [3.63, 3.8) is 0 Å². The first kappa shape index (κ1) is 10.0. The molecule has 0 bridgehead atoms. The Morgan fingerprint density at radius 2 is 2.31 bits per heavy atom. The highest BCUT2D eigenvalue weighted by molar-refractivity contribution is 5.92. The molecule has 0 fully saturated rings. The lowest BCUT2D eigenvalue weighted by molar-refractivity contribution is 0.0943. The van der Waals surface area contributed by atoms with Crippen LogP contribution in [0.2, 0.25) is 0 Å². The number of rotatable bonds is 3. The molecule has 0 saturated carbocycles. The van der Waals surface area contributed by atoms with E-state index in [-0.39, 0.29) is 24.0 Å². The van der Waals surface area contributed by atoms with Gasteiger partial charge in [-0.1, -0.05) is 5.16 Å². The normalized spacial score (nSPS) is 10.0. The Labute approximate surface area is 89.9 Å². The number of nitrogens with two attached hydrogens (primary N) is 1. The first-order valence-corrected chi connectivity index (χ1v) is 4.38. The van der Waals surface area contributed by atoms with E-state index in [0.29, 0.717) is 5.82 Å². The van der Waals surface area contributed by atoms with Crippen LogP contribution in [0.3, 0.4) is 0 Å². The Kier molecular flexibility index (Phi) is 2.72. The standard InChI is InChI=1S/C8H8N6O2/c9-6-2-1-5(12-13-6)8(15)10-3-7-11-4-16-14-7/h1-2,4H,3H2,(H2,9,13)(H,10,15). The molecule has 8 heteroatoms. The predicted octanol–water partition coefficient (Wildman–Crippen LogP) is -0.628. The van der Waals surface area contributed by atoms with Crippen LogP contribution in [-0.2, 0) is 6.54 Å². The highest BCUT2D eigenvalue weighted by Crippen LogP contribution is 1.97. The van der Waals surface area contributed by atoms with Gasteiger partial charge >= 0.3 is 0 Å². The summed E-state index contributed by atoms with van der Waals surface area (Å²) in [5, 5.41) is 13.3. The summed E-state index contributed by atoms with van der Waals surface area (Å²) in [5.74, 6) is 0.267. The molecule has 0 aromatic carbocycles. The maximum absolute atomic E-state index is 11.5. The molecule has 1 amide bonds. The van der Waals surface area contributed by atoms with Gasteiger partial charge in [-0.25, -0.2) is 0 Å². The Morgan fingerprint density at radius 3 is 2.94 bits per heavy atom. The fourth-order valence-electron chi connectivity index (χ4n) is 0.984. The van der Waals surface area contributed by atoms with Crippen molar-refractivity contribution >= 4 is 11.7 Å². The SMILES string of the molecule is Nc1ccc(C(=O)NCc2ncon2)nn1. The molecule has 0 saturated heterocycles. The molecule has 0 aliphatic carbocycles. The van der Waals surface area contributed by atoms with E-state index in [9.17, 15) is 4.79 Å². The van der Waals surface area contributed by atoms with Crippen molar-refractivity contribution in [3.05, 3.63) is 30.0 Å². The average molecular weight is 220 g/mol. The quantitative estimate of drug-likeness (QED) is 0.706. The van der Waals surface area contributed by atoms with E-state index in [1.807, 2.05) is 0 Å². The Morgan fingerprint density at radius 1 is 1.44 bits per heavy atom. The fraction of sp³-hybridized carbons (Fsp3) is 0.125. The Balaban J connectivity index is 1.95. The van der Waals surface area contributed by atoms with E-state index in [1.165, 1.54) is 18.5 Å². The van der Waals surface area contributed by atoms with Crippen LogP contribution >= 0.6 is 0 Å². The van der Waals surface area contributed by atoms with Gasteiger partial charge in [-0.2, -0.15) is 4.98 Å². The number of hydrogen-bond acceptors (Lipinski definition) is 7. The molecular weight excluding hydrogens is 212 g/mol. The van der Waals surface area contributed by atoms with Gasteiger partial charge in [0.2, 0.25) is 6.39 Å². The number of carbonyl (C=O) groups is 1. The van der Waals surface area contributed by atoms with Gasteiger partial charge < -0.3 is 15.6 Å². The maximum Gasteiger partial charge on any atom is 0.272 e. The van der Waals surface area contributed by atoms with E-state index in [1.54, 1.807) is 0 Å². The minimum absolute atomic E-state index is 0.168. The topological polar surface area (TPSA) is 120 Å². The third-order valence-corrected chi connectivity index (χ3v) is 1.73. The van der Waals surface area contributed by atoms with E-state index in [4.69, 9.17) is 5.73 Å². The smallest absolute Gasteiger partial charge is 0.272 e. The number of amides is 1. The highest BCUT2D eigenvalue weighted by atomic mass is 16.5. The van der Waals surface area contributed by atoms with Crippen molar-refractivity contribution in [2.45, 2.75) is 6.54 Å². The Bertz CT molecular complexity index is 466. The van der Waals surface area contributed by atoms with Gasteiger partial charge in [-0.05, 0) is 12.1 Å². The molecular formula is C8H8N6O2. The number of nitrogen functional groups attached to an aromatic ring is 1. The molecule has 2 aromatic heterocycles. The first-order chi connectivity index (χ1) is 7.75. The van der Waals surface area contributed by atoms with E-state index >= 15 is 0 Å². The molecule has 0 aliphatic heterocycles. The van der Waals surface area contributed by atoms with Gasteiger partial charge in [-0.15, -0.1) is 10.2 Å². The zero-order valence-electron chi connectivity index (χ0n) is 8.12. The molecule has 82 valence electrons. The van der Waals surface area contributed by atoms with Crippen LogP contribution < -0.4 is 11.1 Å². The van der Waals surface area contributed by atoms with E-state index in [2.05, 4.69) is 30.2 Å². The molecule has 0 unspecified atom stereocenters. The number of nitrogens with one attached hydrogen (secondary N) is 1. The molecule has 16 heavy (non-hydrogen) atoms. The number of hydrogen-bond donors (Lipinski definition) is 2. The summed E-state index contributed by atoms with van der Waals surface area (Å²) >= 11 is 0. The molecule has 2 rings (SSSR count). The second-order valence-electron chi connectivity index (χ2n) is 2.87. The summed E-state index contributed by atoms with van der Waals surface area (Å²) in [6, 6.07) is 2.98. The second-order valence-corrected chi connectivity index (χ2v) is 2.87. The molecule has 0 spiro atoms. The van der Waals surface area contributed by atoms with Crippen LogP contribution in [-0.4, -0.2) is 26.2 Å². The van der Waals surface area contributed by atoms with Crippen molar-refractivity contribution in [3.8, 4) is 0 Å².